The van der Waals surface area contributed by atoms with Crippen molar-refractivity contribution >= 4 is 16.9 Å². The zero-order valence-corrected chi connectivity index (χ0v) is 22.1. The van der Waals surface area contributed by atoms with Gasteiger partial charge in [-0.15, -0.1) is 0 Å². The smallest absolute Gasteiger partial charge is 0.219 e. The van der Waals surface area contributed by atoms with Gasteiger partial charge in [-0.3, -0.25) is 4.79 Å². The number of hydrogen-bond acceptors (Lipinski definition) is 3. The van der Waals surface area contributed by atoms with Crippen molar-refractivity contribution in [1.82, 2.24) is 14.9 Å². The summed E-state index contributed by atoms with van der Waals surface area (Å²) in [6.45, 7) is 11.2. The molecule has 0 aliphatic carbocycles. The Bertz CT molecular complexity index is 1050. The van der Waals surface area contributed by atoms with Crippen LogP contribution in [0.1, 0.15) is 84.0 Å². The molecule has 0 unspecified atom stereocenters. The SMILES string of the molecule is CCCC(=O)NCCCCCc1nc2ccccc2n1CCCCOc1ccc(C(C)(C)C)cc1. The number of rotatable bonds is 14. The molecule has 1 aromatic heterocycles. The summed E-state index contributed by atoms with van der Waals surface area (Å²) >= 11 is 0. The number of nitrogens with zero attached hydrogens (tertiary/aromatic N) is 2. The van der Waals surface area contributed by atoms with Gasteiger partial charge in [-0.05, 0) is 67.3 Å². The molecule has 0 radical (unpaired) electrons. The Hall–Kier alpha value is -2.82. The number of para-hydroxylation sites is 2. The van der Waals surface area contributed by atoms with Gasteiger partial charge in [0.2, 0.25) is 5.91 Å². The number of unbranched alkanes of at least 4 members (excludes halogenated alkanes) is 3. The highest BCUT2D eigenvalue weighted by Crippen LogP contribution is 2.24. The van der Waals surface area contributed by atoms with E-state index < -0.39 is 0 Å². The summed E-state index contributed by atoms with van der Waals surface area (Å²) in [5, 5.41) is 3.00. The summed E-state index contributed by atoms with van der Waals surface area (Å²) in [4.78, 5) is 16.5. The average Bonchev–Trinajstić information content (AvgIpc) is 3.18. The molecule has 0 spiro atoms. The third kappa shape index (κ3) is 8.41. The Balaban J connectivity index is 1.45. The molecule has 5 heteroatoms. The second-order valence-corrected chi connectivity index (χ2v) is 10.4. The van der Waals surface area contributed by atoms with Gasteiger partial charge in [0.05, 0.1) is 17.6 Å². The maximum Gasteiger partial charge on any atom is 0.219 e. The van der Waals surface area contributed by atoms with E-state index in [-0.39, 0.29) is 11.3 Å². The molecule has 1 amide bonds. The van der Waals surface area contributed by atoms with Gasteiger partial charge in [-0.25, -0.2) is 4.98 Å². The summed E-state index contributed by atoms with van der Waals surface area (Å²) in [5.74, 6) is 2.28. The van der Waals surface area contributed by atoms with Crippen molar-refractivity contribution in [2.75, 3.05) is 13.2 Å². The number of fused-ring (bicyclic) bond motifs is 1. The van der Waals surface area contributed by atoms with Crippen molar-refractivity contribution in [2.24, 2.45) is 0 Å². The highest BCUT2D eigenvalue weighted by Gasteiger charge is 2.13. The normalized spacial score (nSPS) is 11.7. The molecule has 0 aliphatic rings. The van der Waals surface area contributed by atoms with Gasteiger partial charge in [0.25, 0.3) is 0 Å². The van der Waals surface area contributed by atoms with Gasteiger partial charge in [0.15, 0.2) is 0 Å². The second-order valence-electron chi connectivity index (χ2n) is 10.4. The Morgan fingerprint density at radius 1 is 0.971 bits per heavy atom. The third-order valence-electron chi connectivity index (χ3n) is 6.38. The van der Waals surface area contributed by atoms with Crippen LogP contribution in [-0.4, -0.2) is 28.6 Å². The number of benzene rings is 2. The lowest BCUT2D eigenvalue weighted by atomic mass is 9.87. The first kappa shape index (κ1) is 26.8. The number of carbonyl (C=O) groups excluding carboxylic acids is 1. The molecule has 0 fully saturated rings. The van der Waals surface area contributed by atoms with E-state index in [9.17, 15) is 4.79 Å². The fourth-order valence-electron chi connectivity index (χ4n) is 4.31. The van der Waals surface area contributed by atoms with Crippen molar-refractivity contribution in [2.45, 2.75) is 91.0 Å². The molecule has 3 rings (SSSR count). The van der Waals surface area contributed by atoms with Crippen LogP contribution < -0.4 is 10.1 Å². The van der Waals surface area contributed by atoms with Crippen LogP contribution in [0.4, 0.5) is 0 Å². The number of aryl methyl sites for hydroxylation is 2. The summed E-state index contributed by atoms with van der Waals surface area (Å²) in [6.07, 6.45) is 7.74. The molecule has 1 heterocycles. The molecule has 0 saturated carbocycles. The Morgan fingerprint density at radius 3 is 2.49 bits per heavy atom. The predicted molar refractivity (Wildman–Crippen MR) is 145 cm³/mol. The topological polar surface area (TPSA) is 56.2 Å². The molecule has 2 aromatic carbocycles. The summed E-state index contributed by atoms with van der Waals surface area (Å²) in [7, 11) is 0. The van der Waals surface area contributed by atoms with E-state index in [1.54, 1.807) is 0 Å². The van der Waals surface area contributed by atoms with Crippen molar-refractivity contribution in [3.8, 4) is 5.75 Å². The largest absolute Gasteiger partial charge is 0.494 e. The fourth-order valence-corrected chi connectivity index (χ4v) is 4.31. The maximum absolute atomic E-state index is 11.6. The molecule has 0 aliphatic heterocycles. The molecule has 0 bridgehead atoms. The Kier molecular flexibility index (Phi) is 10.2. The van der Waals surface area contributed by atoms with Crippen LogP contribution in [0.2, 0.25) is 0 Å². The minimum atomic E-state index is 0.161. The van der Waals surface area contributed by atoms with Crippen LogP contribution in [-0.2, 0) is 23.2 Å². The lowest BCUT2D eigenvalue weighted by Crippen LogP contribution is -2.23. The Labute approximate surface area is 211 Å². The van der Waals surface area contributed by atoms with Crippen LogP contribution in [0.15, 0.2) is 48.5 Å². The quantitative estimate of drug-likeness (QED) is 0.259. The first-order valence-electron chi connectivity index (χ1n) is 13.3. The van der Waals surface area contributed by atoms with E-state index in [4.69, 9.17) is 9.72 Å². The number of nitrogens with one attached hydrogen (secondary N) is 1. The Morgan fingerprint density at radius 2 is 1.74 bits per heavy atom. The van der Waals surface area contributed by atoms with E-state index in [2.05, 4.69) is 79.2 Å². The van der Waals surface area contributed by atoms with Crippen LogP contribution in [0.25, 0.3) is 11.0 Å². The van der Waals surface area contributed by atoms with E-state index in [0.717, 1.165) is 75.9 Å². The number of hydrogen-bond donors (Lipinski definition) is 1. The minimum absolute atomic E-state index is 0.161. The van der Waals surface area contributed by atoms with Gasteiger partial charge >= 0.3 is 0 Å². The average molecular weight is 478 g/mol. The molecule has 35 heavy (non-hydrogen) atoms. The minimum Gasteiger partial charge on any atom is -0.494 e. The van der Waals surface area contributed by atoms with Gasteiger partial charge in [-0.1, -0.05) is 58.4 Å². The molecule has 3 aromatic rings. The second kappa shape index (κ2) is 13.3. The lowest BCUT2D eigenvalue weighted by Gasteiger charge is -2.19. The number of carbonyl (C=O) groups is 1. The van der Waals surface area contributed by atoms with E-state index >= 15 is 0 Å². The summed E-state index contributed by atoms with van der Waals surface area (Å²) < 4.78 is 8.38. The molecule has 5 nitrogen and oxygen atoms in total. The monoisotopic (exact) mass is 477 g/mol. The number of ether oxygens (including phenoxy) is 1. The number of imidazole rings is 1. The highest BCUT2D eigenvalue weighted by molar-refractivity contribution is 5.76. The van der Waals surface area contributed by atoms with Gasteiger partial charge in [-0.2, -0.15) is 0 Å². The highest BCUT2D eigenvalue weighted by atomic mass is 16.5. The van der Waals surface area contributed by atoms with Crippen LogP contribution >= 0.6 is 0 Å². The molecular weight excluding hydrogens is 434 g/mol. The molecular formula is C30H43N3O2. The van der Waals surface area contributed by atoms with E-state index in [1.807, 2.05) is 6.92 Å². The zero-order chi connectivity index (χ0) is 25.1. The van der Waals surface area contributed by atoms with Crippen molar-refractivity contribution in [1.29, 1.82) is 0 Å². The van der Waals surface area contributed by atoms with Crippen LogP contribution in [0.5, 0.6) is 5.75 Å². The summed E-state index contributed by atoms with van der Waals surface area (Å²) in [5.41, 5.74) is 3.78. The molecule has 1 N–H and O–H groups in total. The lowest BCUT2D eigenvalue weighted by molar-refractivity contribution is -0.121. The number of aromatic nitrogens is 2. The van der Waals surface area contributed by atoms with Gasteiger partial charge in [0.1, 0.15) is 11.6 Å². The first-order chi connectivity index (χ1) is 16.9. The maximum atomic E-state index is 11.6. The number of amides is 1. The van der Waals surface area contributed by atoms with Crippen LogP contribution in [0.3, 0.4) is 0 Å². The van der Waals surface area contributed by atoms with Crippen molar-refractivity contribution in [3.63, 3.8) is 0 Å². The van der Waals surface area contributed by atoms with E-state index in [1.165, 1.54) is 16.9 Å². The van der Waals surface area contributed by atoms with E-state index in [0.29, 0.717) is 6.42 Å². The fraction of sp³-hybridized carbons (Fsp3) is 0.533. The first-order valence-corrected chi connectivity index (χ1v) is 13.3. The molecule has 0 atom stereocenters. The third-order valence-corrected chi connectivity index (χ3v) is 6.38. The predicted octanol–water partition coefficient (Wildman–Crippen LogP) is 6.82. The zero-order valence-electron chi connectivity index (χ0n) is 22.1. The van der Waals surface area contributed by atoms with Gasteiger partial charge in [0, 0.05) is 25.9 Å². The molecule has 0 saturated heterocycles. The van der Waals surface area contributed by atoms with Crippen molar-refractivity contribution < 1.29 is 9.53 Å². The van der Waals surface area contributed by atoms with Crippen molar-refractivity contribution in [3.05, 3.63) is 59.9 Å². The van der Waals surface area contributed by atoms with Crippen LogP contribution in [0, 0.1) is 0 Å². The standard InChI is InChI=1S/C30H43N3O2/c1-5-13-29(34)31-21-10-6-7-16-28-32-26-14-8-9-15-27(26)33(28)22-11-12-23-35-25-19-17-24(18-20-25)30(2,3)4/h8-9,14-15,17-20H,5-7,10-13,16,21-23H2,1-4H3,(H,31,34). The molecule has 190 valence electrons. The van der Waals surface area contributed by atoms with Gasteiger partial charge < -0.3 is 14.6 Å². The summed E-state index contributed by atoms with van der Waals surface area (Å²) in [6, 6.07) is 16.9.